The van der Waals surface area contributed by atoms with Crippen molar-refractivity contribution in [3.8, 4) is 0 Å². The highest BCUT2D eigenvalue weighted by Crippen LogP contribution is 2.40. The van der Waals surface area contributed by atoms with E-state index in [-0.39, 0.29) is 17.7 Å². The van der Waals surface area contributed by atoms with Crippen LogP contribution in [0.5, 0.6) is 0 Å². The SMILES string of the molecule is O=C(O)CCN1C(=O)C(=O)C(=C(O)c2ccccc2)[C@H]1c1ccccc1F. The molecule has 0 saturated carbocycles. The second-order valence-corrected chi connectivity index (χ2v) is 6.02. The molecule has 1 atom stereocenters. The van der Waals surface area contributed by atoms with Crippen LogP contribution in [0.25, 0.3) is 5.76 Å². The quantitative estimate of drug-likeness (QED) is 0.480. The highest BCUT2D eigenvalue weighted by atomic mass is 19.1. The van der Waals surface area contributed by atoms with Crippen LogP contribution in [-0.4, -0.2) is 39.3 Å². The van der Waals surface area contributed by atoms with Crippen molar-refractivity contribution >= 4 is 23.4 Å². The third-order valence-corrected chi connectivity index (χ3v) is 4.35. The van der Waals surface area contributed by atoms with Gasteiger partial charge in [-0.3, -0.25) is 14.4 Å². The molecule has 0 bridgehead atoms. The van der Waals surface area contributed by atoms with E-state index in [9.17, 15) is 23.9 Å². The predicted octanol–water partition coefficient (Wildman–Crippen LogP) is 2.72. The van der Waals surface area contributed by atoms with E-state index in [0.29, 0.717) is 5.56 Å². The molecule has 7 heteroatoms. The Kier molecular flexibility index (Phi) is 5.03. The van der Waals surface area contributed by atoms with Gasteiger partial charge in [0, 0.05) is 17.7 Å². The summed E-state index contributed by atoms with van der Waals surface area (Å²) in [7, 11) is 0. The van der Waals surface area contributed by atoms with Gasteiger partial charge in [-0.1, -0.05) is 48.5 Å². The maximum absolute atomic E-state index is 14.4. The van der Waals surface area contributed by atoms with Crippen LogP contribution in [0.3, 0.4) is 0 Å². The number of benzene rings is 2. The zero-order valence-corrected chi connectivity index (χ0v) is 14.1. The first-order valence-electron chi connectivity index (χ1n) is 8.22. The van der Waals surface area contributed by atoms with E-state index in [2.05, 4.69) is 0 Å². The lowest BCUT2D eigenvalue weighted by molar-refractivity contribution is -0.142. The van der Waals surface area contributed by atoms with Crippen LogP contribution in [0.4, 0.5) is 4.39 Å². The molecule has 2 aromatic rings. The van der Waals surface area contributed by atoms with Crippen molar-refractivity contribution in [3.63, 3.8) is 0 Å². The molecule has 1 aliphatic rings. The van der Waals surface area contributed by atoms with Gasteiger partial charge < -0.3 is 15.1 Å². The van der Waals surface area contributed by atoms with Crippen LogP contribution in [0.2, 0.25) is 0 Å². The topological polar surface area (TPSA) is 94.9 Å². The summed E-state index contributed by atoms with van der Waals surface area (Å²) >= 11 is 0. The number of carbonyl (C=O) groups excluding carboxylic acids is 2. The van der Waals surface area contributed by atoms with Crippen molar-refractivity contribution in [2.24, 2.45) is 0 Å². The van der Waals surface area contributed by atoms with Crippen molar-refractivity contribution in [1.82, 2.24) is 4.90 Å². The summed E-state index contributed by atoms with van der Waals surface area (Å²) in [4.78, 5) is 37.0. The Morgan fingerprint density at radius 1 is 1.00 bits per heavy atom. The summed E-state index contributed by atoms with van der Waals surface area (Å²) in [6.07, 6.45) is -0.413. The molecule has 6 nitrogen and oxygen atoms in total. The molecule has 2 aromatic carbocycles. The number of aliphatic hydroxyl groups is 1. The number of hydrogen-bond donors (Lipinski definition) is 2. The Labute approximate surface area is 154 Å². The number of Topliss-reactive ketones (excluding diaryl/α,β-unsaturated/α-hetero) is 1. The number of aliphatic carboxylic acids is 1. The smallest absolute Gasteiger partial charge is 0.305 e. The lowest BCUT2D eigenvalue weighted by atomic mass is 9.95. The number of rotatable bonds is 5. The van der Waals surface area contributed by atoms with Gasteiger partial charge >= 0.3 is 5.97 Å². The molecule has 1 amide bonds. The summed E-state index contributed by atoms with van der Waals surface area (Å²) < 4.78 is 14.4. The van der Waals surface area contributed by atoms with E-state index in [0.717, 1.165) is 4.90 Å². The van der Waals surface area contributed by atoms with Gasteiger partial charge in [0.25, 0.3) is 11.7 Å². The Morgan fingerprint density at radius 3 is 2.26 bits per heavy atom. The standard InChI is InChI=1S/C20H16FNO5/c21-14-9-5-4-8-13(14)17-16(18(25)12-6-2-1-3-7-12)19(26)20(27)22(17)11-10-15(23)24/h1-9,17,25H,10-11H2,(H,23,24)/t17-/m1/s1. The van der Waals surface area contributed by atoms with Gasteiger partial charge in [-0.2, -0.15) is 0 Å². The number of carboxylic acids is 1. The van der Waals surface area contributed by atoms with Crippen molar-refractivity contribution in [3.05, 3.63) is 77.1 Å². The summed E-state index contributed by atoms with van der Waals surface area (Å²) in [5.41, 5.74) is 0.0522. The minimum Gasteiger partial charge on any atom is -0.507 e. The normalized spacial score (nSPS) is 18.7. The molecule has 2 N–H and O–H groups in total. The Morgan fingerprint density at radius 2 is 1.63 bits per heavy atom. The molecular formula is C20H16FNO5. The molecule has 27 heavy (non-hydrogen) atoms. The second kappa shape index (κ2) is 7.41. The van der Waals surface area contributed by atoms with Crippen molar-refractivity contribution < 1.29 is 29.0 Å². The molecule has 1 heterocycles. The number of ketones is 1. The molecule has 0 unspecified atom stereocenters. The zero-order valence-electron chi connectivity index (χ0n) is 14.1. The number of hydrogen-bond acceptors (Lipinski definition) is 4. The van der Waals surface area contributed by atoms with Crippen LogP contribution in [-0.2, 0) is 14.4 Å². The molecule has 1 aliphatic heterocycles. The molecule has 1 saturated heterocycles. The van der Waals surface area contributed by atoms with Gasteiger partial charge in [-0.05, 0) is 6.07 Å². The van der Waals surface area contributed by atoms with E-state index in [4.69, 9.17) is 5.11 Å². The number of likely N-dealkylation sites (tertiary alicyclic amines) is 1. The van der Waals surface area contributed by atoms with Crippen LogP contribution < -0.4 is 0 Å². The van der Waals surface area contributed by atoms with Crippen molar-refractivity contribution in [2.75, 3.05) is 6.54 Å². The van der Waals surface area contributed by atoms with Crippen LogP contribution in [0.15, 0.2) is 60.2 Å². The average Bonchev–Trinajstić information content (AvgIpc) is 2.91. The minimum absolute atomic E-state index is 0.0135. The first-order chi connectivity index (χ1) is 12.9. The van der Waals surface area contributed by atoms with Gasteiger partial charge in [-0.15, -0.1) is 0 Å². The van der Waals surface area contributed by atoms with Crippen LogP contribution in [0.1, 0.15) is 23.6 Å². The number of amides is 1. The highest BCUT2D eigenvalue weighted by molar-refractivity contribution is 6.46. The third kappa shape index (κ3) is 3.44. The maximum Gasteiger partial charge on any atom is 0.305 e. The van der Waals surface area contributed by atoms with E-state index in [1.807, 2.05) is 0 Å². The van der Waals surface area contributed by atoms with Gasteiger partial charge in [-0.25, -0.2) is 4.39 Å². The summed E-state index contributed by atoms with van der Waals surface area (Å²) in [6, 6.07) is 12.5. The molecule has 1 fully saturated rings. The largest absolute Gasteiger partial charge is 0.507 e. The van der Waals surface area contributed by atoms with Gasteiger partial charge in [0.1, 0.15) is 11.6 Å². The number of carbonyl (C=O) groups is 3. The summed E-state index contributed by atoms with van der Waals surface area (Å²) in [5.74, 6) is -4.20. The summed E-state index contributed by atoms with van der Waals surface area (Å²) in [6.45, 7) is -0.287. The molecule has 0 aromatic heterocycles. The lowest BCUT2D eigenvalue weighted by Crippen LogP contribution is -2.32. The monoisotopic (exact) mass is 369 g/mol. The number of aliphatic hydroxyl groups excluding tert-OH is 1. The first kappa shape index (κ1) is 18.3. The molecule has 138 valence electrons. The lowest BCUT2D eigenvalue weighted by Gasteiger charge is -2.25. The van der Waals surface area contributed by atoms with Crippen LogP contribution in [0, 0.1) is 5.82 Å². The summed E-state index contributed by atoms with van der Waals surface area (Å²) in [5, 5.41) is 19.6. The van der Waals surface area contributed by atoms with Crippen molar-refractivity contribution in [2.45, 2.75) is 12.5 Å². The second-order valence-electron chi connectivity index (χ2n) is 6.02. The van der Waals surface area contributed by atoms with Gasteiger partial charge in [0.15, 0.2) is 0 Å². The van der Waals surface area contributed by atoms with E-state index in [1.54, 1.807) is 30.3 Å². The number of halogens is 1. The molecule has 0 radical (unpaired) electrons. The Hall–Kier alpha value is -3.48. The predicted molar refractivity (Wildman–Crippen MR) is 94.1 cm³/mol. The fourth-order valence-electron chi connectivity index (χ4n) is 3.10. The van der Waals surface area contributed by atoms with E-state index >= 15 is 0 Å². The molecule has 3 rings (SSSR count). The molecule has 0 spiro atoms. The average molecular weight is 369 g/mol. The Bertz CT molecular complexity index is 938. The van der Waals surface area contributed by atoms with E-state index in [1.165, 1.54) is 24.3 Å². The maximum atomic E-state index is 14.4. The van der Waals surface area contributed by atoms with E-state index < -0.39 is 41.7 Å². The molecule has 0 aliphatic carbocycles. The third-order valence-electron chi connectivity index (χ3n) is 4.35. The Balaban J connectivity index is 2.18. The first-order valence-corrected chi connectivity index (χ1v) is 8.22. The van der Waals surface area contributed by atoms with Gasteiger partial charge in [0.2, 0.25) is 0 Å². The fraction of sp³-hybridized carbons (Fsp3) is 0.150. The van der Waals surface area contributed by atoms with Crippen molar-refractivity contribution in [1.29, 1.82) is 0 Å². The number of nitrogens with zero attached hydrogens (tertiary/aromatic N) is 1. The molecular weight excluding hydrogens is 353 g/mol. The zero-order chi connectivity index (χ0) is 19.6. The highest BCUT2D eigenvalue weighted by Gasteiger charge is 2.46. The number of carboxylic acid groups (broad SMARTS) is 1. The minimum atomic E-state index is -1.20. The van der Waals surface area contributed by atoms with Gasteiger partial charge in [0.05, 0.1) is 18.0 Å². The van der Waals surface area contributed by atoms with Crippen LogP contribution >= 0.6 is 0 Å². The fourth-order valence-corrected chi connectivity index (χ4v) is 3.10.